The molecule has 1 aromatic carbocycles. The summed E-state index contributed by atoms with van der Waals surface area (Å²) in [6.07, 6.45) is 1.48. The first-order valence-electron chi connectivity index (χ1n) is 4.52. The number of rotatable bonds is 2. The molecule has 0 aromatic heterocycles. The van der Waals surface area contributed by atoms with Crippen LogP contribution in [0.1, 0.15) is 15.9 Å². The molecule has 1 rings (SSSR count). The van der Waals surface area contributed by atoms with Crippen LogP contribution in [0.4, 0.5) is 0 Å². The van der Waals surface area contributed by atoms with Crippen LogP contribution in [0.2, 0.25) is 5.02 Å². The Labute approximate surface area is 94.4 Å². The number of carbonyl (C=O) groups excluding carboxylic acids is 1. The first-order valence-corrected chi connectivity index (χ1v) is 4.89. The van der Waals surface area contributed by atoms with Gasteiger partial charge in [-0.1, -0.05) is 11.6 Å². The quantitative estimate of drug-likeness (QED) is 0.571. The van der Waals surface area contributed by atoms with Crippen molar-refractivity contribution in [1.29, 1.82) is 0 Å². The van der Waals surface area contributed by atoms with Gasteiger partial charge in [0.05, 0.1) is 6.34 Å². The molecule has 4 heteroatoms. The van der Waals surface area contributed by atoms with Crippen LogP contribution in [-0.2, 0) is 0 Å². The largest absolute Gasteiger partial charge is 0.369 e. The molecule has 0 saturated carbocycles. The second kappa shape index (κ2) is 4.94. The summed E-state index contributed by atoms with van der Waals surface area (Å²) >= 11 is 5.79. The molecule has 0 fully saturated rings. The van der Waals surface area contributed by atoms with Crippen LogP contribution < -0.4 is 0 Å². The van der Waals surface area contributed by atoms with E-state index in [1.165, 1.54) is 6.34 Å². The molecule has 0 aliphatic rings. The van der Waals surface area contributed by atoms with Crippen molar-refractivity contribution in [2.45, 2.75) is 6.92 Å². The second-order valence-corrected chi connectivity index (χ2v) is 3.91. The van der Waals surface area contributed by atoms with E-state index in [1.807, 2.05) is 21.0 Å². The van der Waals surface area contributed by atoms with Crippen molar-refractivity contribution in [1.82, 2.24) is 4.90 Å². The molecule has 1 aromatic rings. The number of benzene rings is 1. The van der Waals surface area contributed by atoms with Crippen LogP contribution in [0.15, 0.2) is 23.2 Å². The van der Waals surface area contributed by atoms with Gasteiger partial charge in [0.25, 0.3) is 5.91 Å². The van der Waals surface area contributed by atoms with E-state index in [4.69, 9.17) is 11.6 Å². The van der Waals surface area contributed by atoms with Gasteiger partial charge in [-0.15, -0.1) is 0 Å². The highest BCUT2D eigenvalue weighted by molar-refractivity contribution is 6.30. The van der Waals surface area contributed by atoms with E-state index in [0.717, 1.165) is 5.56 Å². The first-order chi connectivity index (χ1) is 7.00. The predicted octanol–water partition coefficient (Wildman–Crippen LogP) is 2.38. The molecule has 1 amide bonds. The standard InChI is InChI=1S/C11H13ClN2O/c1-8-6-9(12)4-5-10(8)11(15)13-7-14(2)3/h4-7H,1-3H3/b13-7+. The van der Waals surface area contributed by atoms with Gasteiger partial charge in [-0.05, 0) is 30.7 Å². The highest BCUT2D eigenvalue weighted by atomic mass is 35.5. The van der Waals surface area contributed by atoms with E-state index in [1.54, 1.807) is 23.1 Å². The molecular weight excluding hydrogens is 212 g/mol. The summed E-state index contributed by atoms with van der Waals surface area (Å²) in [5, 5.41) is 0.626. The van der Waals surface area contributed by atoms with Crippen molar-refractivity contribution in [2.75, 3.05) is 14.1 Å². The molecule has 15 heavy (non-hydrogen) atoms. The van der Waals surface area contributed by atoms with Crippen molar-refractivity contribution in [3.63, 3.8) is 0 Å². The van der Waals surface area contributed by atoms with Gasteiger partial charge >= 0.3 is 0 Å². The van der Waals surface area contributed by atoms with Crippen molar-refractivity contribution < 1.29 is 4.79 Å². The molecule has 3 nitrogen and oxygen atoms in total. The molecule has 0 heterocycles. The molecule has 0 N–H and O–H groups in total. The van der Waals surface area contributed by atoms with E-state index >= 15 is 0 Å². The van der Waals surface area contributed by atoms with Crippen molar-refractivity contribution in [3.05, 3.63) is 34.3 Å². The van der Waals surface area contributed by atoms with Crippen LogP contribution in [0.5, 0.6) is 0 Å². The normalized spacial score (nSPS) is 10.7. The summed E-state index contributed by atoms with van der Waals surface area (Å²) in [5.41, 5.74) is 1.42. The lowest BCUT2D eigenvalue weighted by atomic mass is 10.1. The van der Waals surface area contributed by atoms with Gasteiger partial charge in [0.15, 0.2) is 0 Å². The topological polar surface area (TPSA) is 32.7 Å². The number of aryl methyl sites for hydroxylation is 1. The molecule has 0 aliphatic carbocycles. The van der Waals surface area contributed by atoms with E-state index in [2.05, 4.69) is 4.99 Å². The molecule has 0 unspecified atom stereocenters. The van der Waals surface area contributed by atoms with Gasteiger partial charge in [-0.3, -0.25) is 4.79 Å². The number of aliphatic imine (C=N–C) groups is 1. The fourth-order valence-corrected chi connectivity index (χ4v) is 1.33. The highest BCUT2D eigenvalue weighted by Gasteiger charge is 2.06. The van der Waals surface area contributed by atoms with Crippen LogP contribution >= 0.6 is 11.6 Å². The molecule has 0 bridgehead atoms. The number of amides is 1. The van der Waals surface area contributed by atoms with E-state index in [9.17, 15) is 4.79 Å². The summed E-state index contributed by atoms with van der Waals surface area (Å²) in [7, 11) is 3.62. The number of halogens is 1. The summed E-state index contributed by atoms with van der Waals surface area (Å²) in [6, 6.07) is 5.12. The number of hydrogen-bond donors (Lipinski definition) is 0. The first kappa shape index (κ1) is 11.7. The fourth-order valence-electron chi connectivity index (χ4n) is 1.10. The van der Waals surface area contributed by atoms with Crippen LogP contribution in [0.25, 0.3) is 0 Å². The Bertz CT molecular complexity index is 400. The lowest BCUT2D eigenvalue weighted by Crippen LogP contribution is -2.10. The Hall–Kier alpha value is -1.35. The van der Waals surface area contributed by atoms with Gasteiger partial charge in [-0.25, -0.2) is 0 Å². The van der Waals surface area contributed by atoms with Crippen molar-refractivity contribution >= 4 is 23.8 Å². The third-order valence-corrected chi connectivity index (χ3v) is 2.06. The third kappa shape index (κ3) is 3.36. The summed E-state index contributed by atoms with van der Waals surface area (Å²) in [4.78, 5) is 17.1. The molecule has 0 spiro atoms. The van der Waals surface area contributed by atoms with E-state index < -0.39 is 0 Å². The zero-order valence-electron chi connectivity index (χ0n) is 8.99. The maximum atomic E-state index is 11.6. The highest BCUT2D eigenvalue weighted by Crippen LogP contribution is 2.15. The Balaban J connectivity index is 2.92. The maximum Gasteiger partial charge on any atom is 0.278 e. The summed E-state index contributed by atoms with van der Waals surface area (Å²) in [6.45, 7) is 1.84. The number of nitrogens with zero attached hydrogens (tertiary/aromatic N) is 2. The average molecular weight is 225 g/mol. The smallest absolute Gasteiger partial charge is 0.278 e. The minimum absolute atomic E-state index is 0.252. The van der Waals surface area contributed by atoms with Crippen molar-refractivity contribution in [2.24, 2.45) is 4.99 Å². The Morgan fingerprint density at radius 1 is 1.47 bits per heavy atom. The zero-order valence-corrected chi connectivity index (χ0v) is 9.75. The SMILES string of the molecule is Cc1cc(Cl)ccc1C(=O)/N=C/N(C)C. The van der Waals surface area contributed by atoms with Crippen molar-refractivity contribution in [3.8, 4) is 0 Å². The molecule has 0 radical (unpaired) electrons. The minimum Gasteiger partial charge on any atom is -0.369 e. The van der Waals surface area contributed by atoms with Crippen LogP contribution in [0.3, 0.4) is 0 Å². The lowest BCUT2D eigenvalue weighted by molar-refractivity contribution is 0.100. The van der Waals surface area contributed by atoms with Gasteiger partial charge in [0.1, 0.15) is 0 Å². The molecular formula is C11H13ClN2O. The van der Waals surface area contributed by atoms with Gasteiger partial charge in [-0.2, -0.15) is 4.99 Å². The molecule has 80 valence electrons. The second-order valence-electron chi connectivity index (χ2n) is 3.47. The van der Waals surface area contributed by atoms with Crippen LogP contribution in [0, 0.1) is 6.92 Å². The molecule has 0 atom stereocenters. The Kier molecular flexibility index (Phi) is 3.86. The number of hydrogen-bond acceptors (Lipinski definition) is 1. The van der Waals surface area contributed by atoms with Gasteiger partial charge < -0.3 is 4.90 Å². The monoisotopic (exact) mass is 224 g/mol. The predicted molar refractivity (Wildman–Crippen MR) is 62.7 cm³/mol. The minimum atomic E-state index is -0.252. The Morgan fingerprint density at radius 3 is 2.67 bits per heavy atom. The van der Waals surface area contributed by atoms with Gasteiger partial charge in [0.2, 0.25) is 0 Å². The molecule has 0 aliphatic heterocycles. The lowest BCUT2D eigenvalue weighted by Gasteiger charge is -2.04. The van der Waals surface area contributed by atoms with E-state index in [0.29, 0.717) is 10.6 Å². The average Bonchev–Trinajstić information content (AvgIpc) is 2.14. The Morgan fingerprint density at radius 2 is 2.13 bits per heavy atom. The fraction of sp³-hybridized carbons (Fsp3) is 0.273. The third-order valence-electron chi connectivity index (χ3n) is 1.82. The maximum absolute atomic E-state index is 11.6. The van der Waals surface area contributed by atoms with Crippen LogP contribution in [-0.4, -0.2) is 31.2 Å². The summed E-state index contributed by atoms with van der Waals surface area (Å²) in [5.74, 6) is -0.252. The zero-order chi connectivity index (χ0) is 11.4. The number of carbonyl (C=O) groups is 1. The van der Waals surface area contributed by atoms with Gasteiger partial charge in [0, 0.05) is 24.7 Å². The molecule has 0 saturated heterocycles. The summed E-state index contributed by atoms with van der Waals surface area (Å²) < 4.78 is 0. The van der Waals surface area contributed by atoms with E-state index in [-0.39, 0.29) is 5.91 Å².